The van der Waals surface area contributed by atoms with Gasteiger partial charge in [-0.05, 0) is 64.8 Å². The summed E-state index contributed by atoms with van der Waals surface area (Å²) in [5.41, 5.74) is 3.74. The summed E-state index contributed by atoms with van der Waals surface area (Å²) in [4.78, 5) is 9.66. The van der Waals surface area contributed by atoms with Crippen LogP contribution in [-0.4, -0.2) is 53.1 Å². The number of aryl methyl sites for hydroxylation is 2. The highest BCUT2D eigenvalue weighted by Gasteiger charge is 2.23. The molecule has 1 aromatic carbocycles. The first-order valence-electron chi connectivity index (χ1n) is 12.1. The second kappa shape index (κ2) is 11.4. The number of aliphatic hydroxyl groups is 1. The average Bonchev–Trinajstić information content (AvgIpc) is 3.48. The fourth-order valence-corrected chi connectivity index (χ4v) is 4.65. The zero-order valence-corrected chi connectivity index (χ0v) is 21.5. The van der Waals surface area contributed by atoms with Crippen LogP contribution < -0.4 is 14.8 Å². The van der Waals surface area contributed by atoms with Crippen LogP contribution in [0.2, 0.25) is 5.02 Å². The standard InChI is InChI=1S/C26H33ClN4O4/c1-15-24(23-16(2)31-35-17(23)3)29-25(30-26(15)34-13-18-7-5-6-8-18)21-11-20(9-10-22(21)27)33-14-19(32)12-28-4/h9-11,18-19,28,32H,5-8,12-14H2,1-4H3/t19-/m1/s1. The van der Waals surface area contributed by atoms with Gasteiger partial charge in [0.05, 0.1) is 28.6 Å². The fraction of sp³-hybridized carbons (Fsp3) is 0.500. The third-order valence-electron chi connectivity index (χ3n) is 6.36. The minimum absolute atomic E-state index is 0.150. The molecule has 188 valence electrons. The number of halogens is 1. The van der Waals surface area contributed by atoms with Crippen molar-refractivity contribution in [3.63, 3.8) is 0 Å². The second-order valence-corrected chi connectivity index (χ2v) is 9.56. The van der Waals surface area contributed by atoms with Crippen molar-refractivity contribution in [3.8, 4) is 34.3 Å². The second-order valence-electron chi connectivity index (χ2n) is 9.15. The molecule has 1 aliphatic carbocycles. The highest BCUT2D eigenvalue weighted by Crippen LogP contribution is 2.37. The van der Waals surface area contributed by atoms with E-state index in [4.69, 9.17) is 35.6 Å². The van der Waals surface area contributed by atoms with E-state index in [1.807, 2.05) is 20.8 Å². The van der Waals surface area contributed by atoms with Gasteiger partial charge >= 0.3 is 0 Å². The number of rotatable bonds is 10. The first-order valence-corrected chi connectivity index (χ1v) is 12.4. The van der Waals surface area contributed by atoms with E-state index in [9.17, 15) is 5.11 Å². The molecule has 4 rings (SSSR count). The van der Waals surface area contributed by atoms with Gasteiger partial charge in [-0.2, -0.15) is 4.98 Å². The number of benzene rings is 1. The number of nitrogens with one attached hydrogen (secondary N) is 1. The molecule has 1 aliphatic rings. The predicted molar refractivity (Wildman–Crippen MR) is 135 cm³/mol. The Morgan fingerprint density at radius 2 is 1.94 bits per heavy atom. The summed E-state index contributed by atoms with van der Waals surface area (Å²) in [7, 11) is 1.78. The van der Waals surface area contributed by atoms with Crippen LogP contribution in [0.5, 0.6) is 11.6 Å². The monoisotopic (exact) mass is 500 g/mol. The summed E-state index contributed by atoms with van der Waals surface area (Å²) in [6, 6.07) is 5.30. The zero-order valence-electron chi connectivity index (χ0n) is 20.7. The van der Waals surface area contributed by atoms with Crippen molar-refractivity contribution < 1.29 is 19.1 Å². The lowest BCUT2D eigenvalue weighted by Gasteiger charge is -2.17. The van der Waals surface area contributed by atoms with Crippen LogP contribution in [0.4, 0.5) is 0 Å². The lowest BCUT2D eigenvalue weighted by molar-refractivity contribution is 0.108. The molecule has 0 bridgehead atoms. The van der Waals surface area contributed by atoms with Crippen LogP contribution >= 0.6 is 11.6 Å². The number of aliphatic hydroxyl groups excluding tert-OH is 1. The van der Waals surface area contributed by atoms with Crippen LogP contribution in [0.1, 0.15) is 42.7 Å². The van der Waals surface area contributed by atoms with Crippen molar-refractivity contribution in [3.05, 3.63) is 40.2 Å². The molecule has 2 N–H and O–H groups in total. The smallest absolute Gasteiger partial charge is 0.220 e. The van der Waals surface area contributed by atoms with Crippen LogP contribution in [0.3, 0.4) is 0 Å². The van der Waals surface area contributed by atoms with Crippen molar-refractivity contribution >= 4 is 11.6 Å². The fourth-order valence-electron chi connectivity index (χ4n) is 4.45. The highest BCUT2D eigenvalue weighted by molar-refractivity contribution is 6.33. The van der Waals surface area contributed by atoms with Gasteiger partial charge in [-0.3, -0.25) is 0 Å². The predicted octanol–water partition coefficient (Wildman–Crippen LogP) is 4.91. The molecule has 35 heavy (non-hydrogen) atoms. The molecule has 9 heteroatoms. The Labute approximate surface area is 211 Å². The van der Waals surface area contributed by atoms with E-state index in [1.165, 1.54) is 25.7 Å². The molecule has 2 heterocycles. The van der Waals surface area contributed by atoms with Crippen molar-refractivity contribution in [1.29, 1.82) is 0 Å². The molecule has 1 saturated carbocycles. The number of hydrogen-bond acceptors (Lipinski definition) is 8. The van der Waals surface area contributed by atoms with Gasteiger partial charge in [0.2, 0.25) is 5.88 Å². The van der Waals surface area contributed by atoms with E-state index in [-0.39, 0.29) is 6.61 Å². The number of likely N-dealkylation sites (N-methyl/N-ethyl adjacent to an activating group) is 1. The minimum Gasteiger partial charge on any atom is -0.491 e. The van der Waals surface area contributed by atoms with Gasteiger partial charge in [-0.25, -0.2) is 4.98 Å². The molecule has 1 atom stereocenters. The molecule has 0 aliphatic heterocycles. The maximum atomic E-state index is 9.99. The number of hydrogen-bond donors (Lipinski definition) is 2. The van der Waals surface area contributed by atoms with Crippen molar-refractivity contribution in [2.24, 2.45) is 5.92 Å². The van der Waals surface area contributed by atoms with Gasteiger partial charge in [0.1, 0.15) is 24.2 Å². The Kier molecular flexibility index (Phi) is 8.26. The van der Waals surface area contributed by atoms with Gasteiger partial charge < -0.3 is 24.4 Å². The molecular formula is C26H33ClN4O4. The summed E-state index contributed by atoms with van der Waals surface area (Å²) >= 11 is 6.59. The van der Waals surface area contributed by atoms with E-state index >= 15 is 0 Å². The molecule has 2 aromatic heterocycles. The van der Waals surface area contributed by atoms with Crippen LogP contribution in [0.15, 0.2) is 22.7 Å². The van der Waals surface area contributed by atoms with Gasteiger partial charge in [-0.1, -0.05) is 29.6 Å². The van der Waals surface area contributed by atoms with E-state index in [1.54, 1.807) is 25.2 Å². The third-order valence-corrected chi connectivity index (χ3v) is 6.69. The van der Waals surface area contributed by atoms with E-state index in [0.717, 1.165) is 16.8 Å². The largest absolute Gasteiger partial charge is 0.491 e. The molecule has 0 amide bonds. The van der Waals surface area contributed by atoms with E-state index in [0.29, 0.717) is 58.6 Å². The Morgan fingerprint density at radius 1 is 1.17 bits per heavy atom. The summed E-state index contributed by atoms with van der Waals surface area (Å²) in [6.45, 7) is 6.93. The summed E-state index contributed by atoms with van der Waals surface area (Å²) in [6.07, 6.45) is 4.23. The normalized spacial score (nSPS) is 14.9. The summed E-state index contributed by atoms with van der Waals surface area (Å²) in [5, 5.41) is 17.5. The van der Waals surface area contributed by atoms with Crippen molar-refractivity contribution in [1.82, 2.24) is 20.4 Å². The first-order chi connectivity index (χ1) is 16.9. The molecular weight excluding hydrogens is 468 g/mol. The van der Waals surface area contributed by atoms with Gasteiger partial charge in [0.25, 0.3) is 0 Å². The van der Waals surface area contributed by atoms with E-state index in [2.05, 4.69) is 10.5 Å². The molecule has 0 spiro atoms. The average molecular weight is 501 g/mol. The number of aromatic nitrogens is 3. The molecule has 0 unspecified atom stereocenters. The van der Waals surface area contributed by atoms with Crippen LogP contribution in [0.25, 0.3) is 22.6 Å². The van der Waals surface area contributed by atoms with Gasteiger partial charge in [0, 0.05) is 17.7 Å². The highest BCUT2D eigenvalue weighted by atomic mass is 35.5. The number of nitrogens with zero attached hydrogens (tertiary/aromatic N) is 3. The first kappa shape index (κ1) is 25.4. The van der Waals surface area contributed by atoms with E-state index < -0.39 is 6.10 Å². The molecule has 3 aromatic rings. The minimum atomic E-state index is -0.628. The zero-order chi connectivity index (χ0) is 24.9. The van der Waals surface area contributed by atoms with Crippen LogP contribution in [0, 0.1) is 26.7 Å². The molecule has 0 radical (unpaired) electrons. The Balaban J connectivity index is 1.72. The summed E-state index contributed by atoms with van der Waals surface area (Å²) in [5.74, 6) is 2.75. The lowest BCUT2D eigenvalue weighted by Crippen LogP contribution is -2.29. The van der Waals surface area contributed by atoms with Gasteiger partial charge in [-0.15, -0.1) is 0 Å². The number of ether oxygens (including phenoxy) is 2. The molecule has 1 fully saturated rings. The van der Waals surface area contributed by atoms with Crippen molar-refractivity contribution in [2.75, 3.05) is 26.8 Å². The van der Waals surface area contributed by atoms with Gasteiger partial charge in [0.15, 0.2) is 5.82 Å². The van der Waals surface area contributed by atoms with Crippen LogP contribution in [-0.2, 0) is 0 Å². The lowest BCUT2D eigenvalue weighted by atomic mass is 10.1. The molecule has 0 saturated heterocycles. The Hall–Kier alpha value is -2.68. The van der Waals surface area contributed by atoms with Crippen molar-refractivity contribution in [2.45, 2.75) is 52.6 Å². The maximum Gasteiger partial charge on any atom is 0.220 e. The maximum absolute atomic E-state index is 9.99. The topological polar surface area (TPSA) is 103 Å². The molecule has 8 nitrogen and oxygen atoms in total. The summed E-state index contributed by atoms with van der Waals surface area (Å²) < 4.78 is 17.5. The quantitative estimate of drug-likeness (QED) is 0.405. The third kappa shape index (κ3) is 5.94. The Morgan fingerprint density at radius 3 is 2.63 bits per heavy atom. The SMILES string of the molecule is CNC[C@@H](O)COc1ccc(Cl)c(-c2nc(OCC3CCCC3)c(C)c(-c3c(C)noc3C)n2)c1. The Bertz CT molecular complexity index is 1140.